The summed E-state index contributed by atoms with van der Waals surface area (Å²) in [5, 5.41) is 14.5. The van der Waals surface area contributed by atoms with Crippen LogP contribution in [-0.4, -0.2) is 17.0 Å². The smallest absolute Gasteiger partial charge is 0.255 e. The van der Waals surface area contributed by atoms with E-state index in [0.717, 1.165) is 4.47 Å². The van der Waals surface area contributed by atoms with Gasteiger partial charge in [0.05, 0.1) is 5.69 Å². The quantitative estimate of drug-likeness (QED) is 0.349. The molecular weight excluding hydrogens is 322 g/mol. The van der Waals surface area contributed by atoms with E-state index in [1.165, 1.54) is 0 Å². The zero-order valence-electron chi connectivity index (χ0n) is 10.4. The number of nitrogens with one attached hydrogen (secondary N) is 1. The van der Waals surface area contributed by atoms with Gasteiger partial charge in [-0.05, 0) is 30.3 Å². The van der Waals surface area contributed by atoms with Gasteiger partial charge in [-0.25, -0.2) is 0 Å². The molecule has 0 radical (unpaired) electrons. The number of carbonyl (C=O) groups excluding carboxylic acids is 1. The van der Waals surface area contributed by atoms with Gasteiger partial charge in [-0.15, -0.1) is 0 Å². The van der Waals surface area contributed by atoms with Gasteiger partial charge in [0.1, 0.15) is 0 Å². The number of nitrogens with zero attached hydrogens (tertiary/aromatic N) is 1. The minimum absolute atomic E-state index is 0.0686. The Morgan fingerprint density at radius 2 is 1.90 bits per heavy atom. The van der Waals surface area contributed by atoms with Crippen molar-refractivity contribution < 1.29 is 10.0 Å². The van der Waals surface area contributed by atoms with Crippen LogP contribution in [0.2, 0.25) is 0 Å². The van der Waals surface area contributed by atoms with Crippen molar-refractivity contribution in [3.05, 3.63) is 64.1 Å². The molecule has 0 heterocycles. The Labute approximate surface area is 124 Å². The van der Waals surface area contributed by atoms with Crippen LogP contribution in [0.5, 0.6) is 0 Å². The van der Waals surface area contributed by atoms with E-state index in [-0.39, 0.29) is 11.7 Å². The zero-order chi connectivity index (χ0) is 14.5. The fraction of sp³-hybridized carbons (Fsp3) is 0. The fourth-order valence-corrected chi connectivity index (χ4v) is 2.04. The second-order valence-corrected chi connectivity index (χ2v) is 4.91. The van der Waals surface area contributed by atoms with E-state index < -0.39 is 0 Å². The molecule has 0 spiro atoms. The predicted molar refractivity (Wildman–Crippen MR) is 81.0 cm³/mol. The molecule has 0 unspecified atom stereocenters. The molecule has 5 nitrogen and oxygen atoms in total. The third kappa shape index (κ3) is 3.16. The number of amides is 1. The summed E-state index contributed by atoms with van der Waals surface area (Å²) in [5.74, 6) is -0.337. The minimum atomic E-state index is -0.268. The number of amidine groups is 1. The van der Waals surface area contributed by atoms with Gasteiger partial charge < -0.3 is 16.3 Å². The van der Waals surface area contributed by atoms with Crippen molar-refractivity contribution in [2.24, 2.45) is 10.9 Å². The Balaban J connectivity index is 2.33. The van der Waals surface area contributed by atoms with Gasteiger partial charge in [0.2, 0.25) is 0 Å². The number of rotatable bonds is 3. The average Bonchev–Trinajstić information content (AvgIpc) is 2.47. The Kier molecular flexibility index (Phi) is 4.37. The van der Waals surface area contributed by atoms with E-state index in [2.05, 4.69) is 26.4 Å². The number of nitrogens with two attached hydrogens (primary N) is 1. The molecule has 0 saturated carbocycles. The van der Waals surface area contributed by atoms with E-state index in [4.69, 9.17) is 10.9 Å². The summed E-state index contributed by atoms with van der Waals surface area (Å²) in [4.78, 5) is 12.1. The molecule has 0 atom stereocenters. The number of carbonyl (C=O) groups is 1. The van der Waals surface area contributed by atoms with Gasteiger partial charge in [-0.3, -0.25) is 4.79 Å². The van der Waals surface area contributed by atoms with Gasteiger partial charge in [-0.2, -0.15) is 0 Å². The van der Waals surface area contributed by atoms with Crippen molar-refractivity contribution in [1.29, 1.82) is 0 Å². The van der Waals surface area contributed by atoms with Crippen LogP contribution in [0.1, 0.15) is 15.9 Å². The Bertz CT molecular complexity index is 657. The number of anilines is 1. The molecule has 2 rings (SSSR count). The van der Waals surface area contributed by atoms with Crippen molar-refractivity contribution in [2.45, 2.75) is 0 Å². The van der Waals surface area contributed by atoms with E-state index in [1.54, 1.807) is 42.5 Å². The number of hydrogen-bond donors (Lipinski definition) is 3. The molecule has 20 heavy (non-hydrogen) atoms. The number of hydrogen-bond acceptors (Lipinski definition) is 3. The van der Waals surface area contributed by atoms with Crippen LogP contribution >= 0.6 is 15.9 Å². The van der Waals surface area contributed by atoms with Gasteiger partial charge in [0.15, 0.2) is 5.84 Å². The maximum Gasteiger partial charge on any atom is 0.255 e. The molecule has 0 aliphatic heterocycles. The molecule has 0 saturated heterocycles. The molecule has 6 heteroatoms. The first kappa shape index (κ1) is 14.1. The highest BCUT2D eigenvalue weighted by atomic mass is 79.9. The molecule has 0 aliphatic carbocycles. The lowest BCUT2D eigenvalue weighted by atomic mass is 10.1. The highest BCUT2D eigenvalue weighted by Gasteiger charge is 2.12. The molecule has 4 N–H and O–H groups in total. The van der Waals surface area contributed by atoms with Crippen molar-refractivity contribution in [3.63, 3.8) is 0 Å². The molecule has 1 amide bonds. The summed E-state index contributed by atoms with van der Waals surface area (Å²) in [6.45, 7) is 0. The Hall–Kier alpha value is -2.34. The molecule has 2 aromatic carbocycles. The Morgan fingerprint density at radius 3 is 2.55 bits per heavy atom. The molecule has 102 valence electrons. The van der Waals surface area contributed by atoms with Gasteiger partial charge in [0.25, 0.3) is 5.91 Å². The van der Waals surface area contributed by atoms with Crippen molar-refractivity contribution in [3.8, 4) is 0 Å². The predicted octanol–water partition coefficient (Wildman–Crippen LogP) is 2.80. The highest BCUT2D eigenvalue weighted by Crippen LogP contribution is 2.22. The third-order valence-corrected chi connectivity index (χ3v) is 3.14. The summed E-state index contributed by atoms with van der Waals surface area (Å²) in [6, 6.07) is 13.9. The van der Waals surface area contributed by atoms with Crippen molar-refractivity contribution >= 4 is 33.4 Å². The van der Waals surface area contributed by atoms with Gasteiger partial charge >= 0.3 is 0 Å². The lowest BCUT2D eigenvalue weighted by Gasteiger charge is -2.10. The van der Waals surface area contributed by atoms with Crippen LogP contribution in [0.4, 0.5) is 5.69 Å². The first-order chi connectivity index (χ1) is 9.61. The number of halogens is 1. The molecule has 2 aromatic rings. The molecule has 0 fully saturated rings. The number of benzene rings is 2. The first-order valence-corrected chi connectivity index (χ1v) is 6.55. The van der Waals surface area contributed by atoms with Crippen LogP contribution in [-0.2, 0) is 0 Å². The largest absolute Gasteiger partial charge is 0.409 e. The highest BCUT2D eigenvalue weighted by molar-refractivity contribution is 9.10. The van der Waals surface area contributed by atoms with E-state index >= 15 is 0 Å². The topological polar surface area (TPSA) is 87.7 Å². The normalized spacial score (nSPS) is 11.2. The van der Waals surface area contributed by atoms with E-state index in [1.807, 2.05) is 6.07 Å². The monoisotopic (exact) mass is 333 g/mol. The lowest BCUT2D eigenvalue weighted by molar-refractivity contribution is 0.102. The molecule has 0 aliphatic rings. The van der Waals surface area contributed by atoms with Crippen LogP contribution in [0.25, 0.3) is 0 Å². The average molecular weight is 334 g/mol. The summed E-state index contributed by atoms with van der Waals surface area (Å²) < 4.78 is 0.773. The second-order valence-electron chi connectivity index (χ2n) is 4.00. The molecular formula is C14H12BrN3O2. The summed E-state index contributed by atoms with van der Waals surface area (Å²) in [7, 11) is 0. The van der Waals surface area contributed by atoms with Crippen molar-refractivity contribution in [2.75, 3.05) is 5.32 Å². The van der Waals surface area contributed by atoms with Crippen LogP contribution in [0.15, 0.2) is 58.2 Å². The van der Waals surface area contributed by atoms with Crippen LogP contribution in [0.3, 0.4) is 0 Å². The van der Waals surface area contributed by atoms with Crippen molar-refractivity contribution in [1.82, 2.24) is 0 Å². The van der Waals surface area contributed by atoms with Gasteiger partial charge in [-0.1, -0.05) is 39.3 Å². The second kappa shape index (κ2) is 6.21. The summed E-state index contributed by atoms with van der Waals surface area (Å²) in [6.07, 6.45) is 0. The standard InChI is InChI=1S/C14H12BrN3O2/c15-10-6-7-11(13(16)18-20)12(8-10)17-14(19)9-4-2-1-3-5-9/h1-8,20H,(H2,16,18)(H,17,19). The number of oxime groups is 1. The molecule has 0 aromatic heterocycles. The maximum absolute atomic E-state index is 12.1. The third-order valence-electron chi connectivity index (χ3n) is 2.65. The minimum Gasteiger partial charge on any atom is -0.409 e. The van der Waals surface area contributed by atoms with Crippen LogP contribution in [0, 0.1) is 0 Å². The SMILES string of the molecule is N/C(=N/O)c1ccc(Br)cc1NC(=O)c1ccccc1. The van der Waals surface area contributed by atoms with E-state index in [0.29, 0.717) is 16.8 Å². The zero-order valence-corrected chi connectivity index (χ0v) is 12.0. The lowest BCUT2D eigenvalue weighted by Crippen LogP contribution is -2.19. The molecule has 0 bridgehead atoms. The summed E-state index contributed by atoms with van der Waals surface area (Å²) in [5.41, 5.74) is 7.02. The summed E-state index contributed by atoms with van der Waals surface area (Å²) >= 11 is 3.32. The first-order valence-electron chi connectivity index (χ1n) is 5.75. The van der Waals surface area contributed by atoms with Crippen LogP contribution < -0.4 is 11.1 Å². The Morgan fingerprint density at radius 1 is 1.20 bits per heavy atom. The van der Waals surface area contributed by atoms with E-state index in [9.17, 15) is 4.79 Å². The van der Waals surface area contributed by atoms with Gasteiger partial charge in [0, 0.05) is 15.6 Å². The maximum atomic E-state index is 12.1. The fourth-order valence-electron chi connectivity index (χ4n) is 1.68.